The van der Waals surface area contributed by atoms with E-state index in [2.05, 4.69) is 9.88 Å². The van der Waals surface area contributed by atoms with Crippen LogP contribution < -0.4 is 4.72 Å². The zero-order valence-electron chi connectivity index (χ0n) is 21.6. The van der Waals surface area contributed by atoms with E-state index in [1.54, 1.807) is 24.4 Å². The molecule has 5 rings (SSSR count). The molecule has 37 heavy (non-hydrogen) atoms. The van der Waals surface area contributed by atoms with Crippen LogP contribution in [0.15, 0.2) is 52.1 Å². The lowest BCUT2D eigenvalue weighted by molar-refractivity contribution is 0.0873. The summed E-state index contributed by atoms with van der Waals surface area (Å²) in [7, 11) is -3.63. The zero-order valence-corrected chi connectivity index (χ0v) is 22.4. The highest BCUT2D eigenvalue weighted by Gasteiger charge is 2.33. The van der Waals surface area contributed by atoms with Gasteiger partial charge in [-0.2, -0.15) is 0 Å². The van der Waals surface area contributed by atoms with Crippen molar-refractivity contribution in [2.75, 3.05) is 6.54 Å². The van der Waals surface area contributed by atoms with Crippen molar-refractivity contribution in [2.24, 2.45) is 0 Å². The maximum atomic E-state index is 15.9. The van der Waals surface area contributed by atoms with E-state index in [-0.39, 0.29) is 11.4 Å². The molecule has 7 nitrogen and oxygen atoms in total. The third kappa shape index (κ3) is 5.07. The van der Waals surface area contributed by atoms with Crippen LogP contribution in [-0.2, 0) is 16.6 Å². The molecule has 0 spiro atoms. The van der Waals surface area contributed by atoms with Gasteiger partial charge in [-0.05, 0) is 56.9 Å². The normalized spacial score (nSPS) is 15.9. The van der Waals surface area contributed by atoms with E-state index < -0.39 is 15.7 Å². The fourth-order valence-electron chi connectivity index (χ4n) is 5.34. The van der Waals surface area contributed by atoms with Crippen LogP contribution in [-0.4, -0.2) is 35.3 Å². The summed E-state index contributed by atoms with van der Waals surface area (Å²) >= 11 is 0. The van der Waals surface area contributed by atoms with Gasteiger partial charge in [0.2, 0.25) is 10.0 Å². The minimum Gasteiger partial charge on any atom is -0.361 e. The Kier molecular flexibility index (Phi) is 6.93. The maximum absolute atomic E-state index is 15.9. The van der Waals surface area contributed by atoms with Crippen LogP contribution in [0.3, 0.4) is 0 Å². The van der Waals surface area contributed by atoms with Crippen LogP contribution >= 0.6 is 0 Å². The minimum atomic E-state index is -3.63. The standard InChI is InChI=1S/C28H33FN4O3S/c1-4-13-31-37(34,35)23-10-8-9-21(14-23)24-17-33(18-28(29)11-6-5-7-12-28)25-15-22(16-30-27(24)25)26-19(2)32-36-20(26)3/h8-10,14-17,31H,4-7,11-13,18H2,1-3H3. The number of rotatable bonds is 8. The number of nitrogens with one attached hydrogen (secondary N) is 1. The summed E-state index contributed by atoms with van der Waals surface area (Å²) in [6.07, 6.45) is 8.30. The molecular formula is C28H33FN4O3S. The molecule has 1 aliphatic rings. The van der Waals surface area contributed by atoms with Gasteiger partial charge in [-0.1, -0.05) is 43.5 Å². The molecule has 1 saturated carbocycles. The minimum absolute atomic E-state index is 0.195. The quantitative estimate of drug-likeness (QED) is 0.291. The van der Waals surface area contributed by atoms with Gasteiger partial charge in [0.15, 0.2) is 0 Å². The van der Waals surface area contributed by atoms with Crippen molar-refractivity contribution in [2.45, 2.75) is 76.4 Å². The predicted molar refractivity (Wildman–Crippen MR) is 143 cm³/mol. The second-order valence-electron chi connectivity index (χ2n) is 10.1. The van der Waals surface area contributed by atoms with Crippen molar-refractivity contribution >= 4 is 21.1 Å². The number of halogens is 1. The number of nitrogens with zero attached hydrogens (tertiary/aromatic N) is 3. The largest absolute Gasteiger partial charge is 0.361 e. The molecule has 0 bridgehead atoms. The molecule has 196 valence electrons. The molecule has 0 saturated heterocycles. The highest BCUT2D eigenvalue weighted by Crippen LogP contribution is 2.38. The molecule has 0 amide bonds. The Hall–Kier alpha value is -3.04. The van der Waals surface area contributed by atoms with E-state index in [1.165, 1.54) is 0 Å². The number of sulfonamides is 1. The summed E-state index contributed by atoms with van der Waals surface area (Å²) in [6.45, 7) is 6.27. The number of aromatic nitrogens is 3. The lowest BCUT2D eigenvalue weighted by atomic mass is 9.86. The average Bonchev–Trinajstić information content (AvgIpc) is 3.41. The summed E-state index contributed by atoms with van der Waals surface area (Å²) in [5.41, 5.74) is 4.21. The molecule has 0 radical (unpaired) electrons. The van der Waals surface area contributed by atoms with Crippen LogP contribution in [0, 0.1) is 13.8 Å². The fraction of sp³-hybridized carbons (Fsp3) is 0.429. The van der Waals surface area contributed by atoms with E-state index in [0.29, 0.717) is 37.1 Å². The van der Waals surface area contributed by atoms with Crippen molar-refractivity contribution in [1.29, 1.82) is 0 Å². The van der Waals surface area contributed by atoms with Crippen LogP contribution in [0.25, 0.3) is 33.3 Å². The predicted octanol–water partition coefficient (Wildman–Crippen LogP) is 6.34. The number of alkyl halides is 1. The highest BCUT2D eigenvalue weighted by atomic mass is 32.2. The van der Waals surface area contributed by atoms with Gasteiger partial charge in [-0.25, -0.2) is 17.5 Å². The first kappa shape index (κ1) is 25.6. The monoisotopic (exact) mass is 524 g/mol. The Morgan fingerprint density at radius 2 is 1.92 bits per heavy atom. The second kappa shape index (κ2) is 10.0. The summed E-state index contributed by atoms with van der Waals surface area (Å²) < 4.78 is 51.4. The molecule has 1 aliphatic carbocycles. The molecule has 4 aromatic rings. The van der Waals surface area contributed by atoms with Crippen LogP contribution in [0.2, 0.25) is 0 Å². The van der Waals surface area contributed by atoms with Crippen molar-refractivity contribution in [1.82, 2.24) is 19.4 Å². The molecule has 0 unspecified atom stereocenters. The lowest BCUT2D eigenvalue weighted by Crippen LogP contribution is -2.31. The van der Waals surface area contributed by atoms with E-state index in [1.807, 2.05) is 43.7 Å². The second-order valence-corrected chi connectivity index (χ2v) is 11.9. The fourth-order valence-corrected chi connectivity index (χ4v) is 6.52. The smallest absolute Gasteiger partial charge is 0.240 e. The summed E-state index contributed by atoms with van der Waals surface area (Å²) in [5.74, 6) is 0.698. The van der Waals surface area contributed by atoms with Gasteiger partial charge in [0.1, 0.15) is 11.4 Å². The Balaban J connectivity index is 1.64. The highest BCUT2D eigenvalue weighted by molar-refractivity contribution is 7.89. The summed E-state index contributed by atoms with van der Waals surface area (Å²) in [6, 6.07) is 8.85. The van der Waals surface area contributed by atoms with Crippen LogP contribution in [0.5, 0.6) is 0 Å². The third-order valence-electron chi connectivity index (χ3n) is 7.24. The third-order valence-corrected chi connectivity index (χ3v) is 8.70. The molecule has 0 aliphatic heterocycles. The molecule has 1 N–H and O–H groups in total. The number of hydrogen-bond acceptors (Lipinski definition) is 5. The number of aryl methyl sites for hydroxylation is 2. The van der Waals surface area contributed by atoms with Crippen molar-refractivity contribution in [3.63, 3.8) is 0 Å². The first-order chi connectivity index (χ1) is 17.7. The molecule has 0 atom stereocenters. The van der Waals surface area contributed by atoms with Gasteiger partial charge in [0.25, 0.3) is 0 Å². The van der Waals surface area contributed by atoms with Gasteiger partial charge in [0, 0.05) is 35.6 Å². The number of hydrogen-bond donors (Lipinski definition) is 1. The Morgan fingerprint density at radius 3 is 2.62 bits per heavy atom. The lowest BCUT2D eigenvalue weighted by Gasteiger charge is -2.30. The molecule has 9 heteroatoms. The Bertz CT molecular complexity index is 1510. The summed E-state index contributed by atoms with van der Waals surface area (Å²) in [5, 5.41) is 4.07. The van der Waals surface area contributed by atoms with E-state index in [9.17, 15) is 8.42 Å². The van der Waals surface area contributed by atoms with Gasteiger partial charge in [-0.3, -0.25) is 4.98 Å². The van der Waals surface area contributed by atoms with Crippen molar-refractivity contribution in [3.8, 4) is 22.3 Å². The van der Waals surface area contributed by atoms with Gasteiger partial charge < -0.3 is 9.09 Å². The molecule has 1 aromatic carbocycles. The topological polar surface area (TPSA) is 90.0 Å². The van der Waals surface area contributed by atoms with Crippen LogP contribution in [0.1, 0.15) is 56.9 Å². The number of fused-ring (bicyclic) bond motifs is 1. The molecule has 3 aromatic heterocycles. The molecular weight excluding hydrogens is 491 g/mol. The maximum Gasteiger partial charge on any atom is 0.240 e. The molecule has 3 heterocycles. The number of benzene rings is 1. The SMILES string of the molecule is CCCNS(=O)(=O)c1cccc(-c2cn(CC3(F)CCCCC3)c3cc(-c4c(C)noc4C)cnc23)c1. The number of pyridine rings is 1. The van der Waals surface area contributed by atoms with Crippen molar-refractivity contribution in [3.05, 3.63) is 54.2 Å². The first-order valence-electron chi connectivity index (χ1n) is 12.9. The Labute approximate surface area is 217 Å². The van der Waals surface area contributed by atoms with Gasteiger partial charge in [-0.15, -0.1) is 0 Å². The van der Waals surface area contributed by atoms with E-state index in [0.717, 1.165) is 52.7 Å². The first-order valence-corrected chi connectivity index (χ1v) is 14.4. The van der Waals surface area contributed by atoms with Gasteiger partial charge in [0.05, 0.1) is 28.2 Å². The van der Waals surface area contributed by atoms with E-state index >= 15 is 4.39 Å². The van der Waals surface area contributed by atoms with E-state index in [4.69, 9.17) is 9.51 Å². The average molecular weight is 525 g/mol. The van der Waals surface area contributed by atoms with Gasteiger partial charge >= 0.3 is 0 Å². The van der Waals surface area contributed by atoms with Crippen LogP contribution in [0.4, 0.5) is 4.39 Å². The van der Waals surface area contributed by atoms with Crippen molar-refractivity contribution < 1.29 is 17.3 Å². The zero-order chi connectivity index (χ0) is 26.2. The Morgan fingerprint density at radius 1 is 1.14 bits per heavy atom. The molecule has 1 fully saturated rings. The summed E-state index contributed by atoms with van der Waals surface area (Å²) in [4.78, 5) is 4.99.